The normalized spacial score (nSPS) is 20.4. The minimum atomic E-state index is 0.499. The van der Waals surface area contributed by atoms with E-state index in [4.69, 9.17) is 9.97 Å². The van der Waals surface area contributed by atoms with Crippen molar-refractivity contribution in [3.8, 4) is 0 Å². The van der Waals surface area contributed by atoms with Gasteiger partial charge in [-0.2, -0.15) is 0 Å². The molecule has 0 spiro atoms. The summed E-state index contributed by atoms with van der Waals surface area (Å²) in [4.78, 5) is 14.5. The number of aryl methyl sites for hydroxylation is 2. The maximum absolute atomic E-state index is 5.03. The Balaban J connectivity index is 1.49. The van der Waals surface area contributed by atoms with Gasteiger partial charge in [0.25, 0.3) is 0 Å². The van der Waals surface area contributed by atoms with E-state index in [1.54, 1.807) is 0 Å². The first-order valence-corrected chi connectivity index (χ1v) is 10.1. The standard InChI is InChI=1S/C21H31N5/c1-24(2)14-15-25-13-11-22-21(25)18-7-5-12-26(16-18)20-10-9-17-6-3-4-8-19(17)23-20/h9-11,13,18H,3-8,12,14-16H2,1-2H3. The highest BCUT2D eigenvalue weighted by atomic mass is 15.2. The predicted octanol–water partition coefficient (Wildman–Crippen LogP) is 3.10. The quantitative estimate of drug-likeness (QED) is 0.828. The van der Waals surface area contributed by atoms with Gasteiger partial charge in [-0.15, -0.1) is 0 Å². The van der Waals surface area contributed by atoms with Crippen molar-refractivity contribution < 1.29 is 0 Å². The van der Waals surface area contributed by atoms with Crippen LogP contribution in [0.5, 0.6) is 0 Å². The van der Waals surface area contributed by atoms with E-state index >= 15 is 0 Å². The number of piperidine rings is 1. The topological polar surface area (TPSA) is 37.2 Å². The maximum atomic E-state index is 5.03. The van der Waals surface area contributed by atoms with Crippen LogP contribution >= 0.6 is 0 Å². The number of anilines is 1. The first kappa shape index (κ1) is 17.5. The van der Waals surface area contributed by atoms with Crippen molar-refractivity contribution in [1.29, 1.82) is 0 Å². The van der Waals surface area contributed by atoms with Gasteiger partial charge in [0, 0.05) is 50.2 Å². The van der Waals surface area contributed by atoms with E-state index in [0.717, 1.165) is 32.6 Å². The summed E-state index contributed by atoms with van der Waals surface area (Å²) < 4.78 is 2.34. The van der Waals surface area contributed by atoms with Gasteiger partial charge in [0.05, 0.1) is 0 Å². The Bertz CT molecular complexity index is 736. The number of rotatable bonds is 5. The van der Waals surface area contributed by atoms with Crippen LogP contribution in [0, 0.1) is 0 Å². The van der Waals surface area contributed by atoms with Gasteiger partial charge in [0.2, 0.25) is 0 Å². The number of nitrogens with zero attached hydrogens (tertiary/aromatic N) is 5. The van der Waals surface area contributed by atoms with Gasteiger partial charge in [-0.05, 0) is 64.3 Å². The second kappa shape index (κ2) is 7.78. The molecule has 1 aliphatic carbocycles. The third-order valence-corrected chi connectivity index (χ3v) is 5.81. The molecule has 0 bridgehead atoms. The average Bonchev–Trinajstić information content (AvgIpc) is 3.15. The fourth-order valence-electron chi connectivity index (χ4n) is 4.32. The number of hydrogen-bond acceptors (Lipinski definition) is 4. The minimum Gasteiger partial charge on any atom is -0.356 e. The summed E-state index contributed by atoms with van der Waals surface area (Å²) >= 11 is 0. The molecule has 0 N–H and O–H groups in total. The SMILES string of the molecule is CN(C)CCn1ccnc1C1CCCN(c2ccc3c(n2)CCCC3)C1. The summed E-state index contributed by atoms with van der Waals surface area (Å²) in [5.41, 5.74) is 2.80. The molecule has 1 unspecified atom stereocenters. The Kier molecular flexibility index (Phi) is 5.25. The molecule has 0 amide bonds. The predicted molar refractivity (Wildman–Crippen MR) is 106 cm³/mol. The van der Waals surface area contributed by atoms with E-state index in [1.807, 2.05) is 6.20 Å². The van der Waals surface area contributed by atoms with Gasteiger partial charge in [-0.1, -0.05) is 6.07 Å². The lowest BCUT2D eigenvalue weighted by Crippen LogP contribution is -2.36. The van der Waals surface area contributed by atoms with Gasteiger partial charge in [0.1, 0.15) is 11.6 Å². The van der Waals surface area contributed by atoms with Crippen LogP contribution in [0.3, 0.4) is 0 Å². The molecule has 26 heavy (non-hydrogen) atoms. The molecule has 1 aliphatic heterocycles. The van der Waals surface area contributed by atoms with Crippen molar-refractivity contribution in [2.45, 2.75) is 51.0 Å². The number of hydrogen-bond donors (Lipinski definition) is 0. The summed E-state index contributed by atoms with van der Waals surface area (Å²) in [6.45, 7) is 4.20. The highest BCUT2D eigenvalue weighted by Crippen LogP contribution is 2.30. The Morgan fingerprint density at radius 2 is 2.04 bits per heavy atom. The highest BCUT2D eigenvalue weighted by Gasteiger charge is 2.26. The number of likely N-dealkylation sites (N-methyl/N-ethyl adjacent to an activating group) is 1. The zero-order valence-electron chi connectivity index (χ0n) is 16.2. The lowest BCUT2D eigenvalue weighted by Gasteiger charge is -2.34. The third kappa shape index (κ3) is 3.78. The molecule has 1 saturated heterocycles. The zero-order chi connectivity index (χ0) is 17.9. The van der Waals surface area contributed by atoms with Crippen LogP contribution in [-0.4, -0.2) is 53.2 Å². The second-order valence-corrected chi connectivity index (χ2v) is 8.05. The molecule has 2 aromatic rings. The molecule has 4 rings (SSSR count). The summed E-state index contributed by atoms with van der Waals surface area (Å²) in [7, 11) is 4.25. The second-order valence-electron chi connectivity index (χ2n) is 8.05. The van der Waals surface area contributed by atoms with Crippen LogP contribution in [-0.2, 0) is 19.4 Å². The zero-order valence-corrected chi connectivity index (χ0v) is 16.2. The van der Waals surface area contributed by atoms with Gasteiger partial charge in [-0.25, -0.2) is 9.97 Å². The number of fused-ring (bicyclic) bond motifs is 1. The lowest BCUT2D eigenvalue weighted by molar-refractivity contribution is 0.373. The van der Waals surface area contributed by atoms with E-state index in [0.29, 0.717) is 5.92 Å². The first-order valence-electron chi connectivity index (χ1n) is 10.1. The Hall–Kier alpha value is -1.88. The average molecular weight is 354 g/mol. The van der Waals surface area contributed by atoms with Gasteiger partial charge in [0.15, 0.2) is 0 Å². The number of aromatic nitrogens is 3. The van der Waals surface area contributed by atoms with Crippen LogP contribution in [0.2, 0.25) is 0 Å². The maximum Gasteiger partial charge on any atom is 0.128 e. The minimum absolute atomic E-state index is 0.499. The fourth-order valence-corrected chi connectivity index (χ4v) is 4.32. The monoisotopic (exact) mass is 353 g/mol. The smallest absolute Gasteiger partial charge is 0.128 e. The first-order chi connectivity index (χ1) is 12.7. The van der Waals surface area contributed by atoms with Crippen molar-refractivity contribution in [2.24, 2.45) is 0 Å². The molecule has 0 aromatic carbocycles. The Morgan fingerprint density at radius 3 is 2.92 bits per heavy atom. The summed E-state index contributed by atoms with van der Waals surface area (Å²) in [5, 5.41) is 0. The summed E-state index contributed by atoms with van der Waals surface area (Å²) in [5.74, 6) is 2.91. The van der Waals surface area contributed by atoms with Gasteiger partial charge in [-0.3, -0.25) is 0 Å². The van der Waals surface area contributed by atoms with Crippen LogP contribution in [0.25, 0.3) is 0 Å². The van der Waals surface area contributed by atoms with Crippen molar-refractivity contribution in [1.82, 2.24) is 19.4 Å². The van der Waals surface area contributed by atoms with E-state index < -0.39 is 0 Å². The molecule has 2 aromatic heterocycles. The molecule has 1 fully saturated rings. The number of imidazole rings is 1. The van der Waals surface area contributed by atoms with Crippen molar-refractivity contribution in [3.63, 3.8) is 0 Å². The van der Waals surface area contributed by atoms with E-state index in [9.17, 15) is 0 Å². The van der Waals surface area contributed by atoms with Crippen molar-refractivity contribution >= 4 is 5.82 Å². The van der Waals surface area contributed by atoms with E-state index in [-0.39, 0.29) is 0 Å². The fraction of sp³-hybridized carbons (Fsp3) is 0.619. The largest absolute Gasteiger partial charge is 0.356 e. The molecule has 1 atom stereocenters. The Morgan fingerprint density at radius 1 is 1.15 bits per heavy atom. The molecular formula is C21H31N5. The third-order valence-electron chi connectivity index (χ3n) is 5.81. The van der Waals surface area contributed by atoms with Gasteiger partial charge < -0.3 is 14.4 Å². The molecule has 2 aliphatic rings. The summed E-state index contributed by atoms with van der Waals surface area (Å²) in [6, 6.07) is 4.56. The van der Waals surface area contributed by atoms with Crippen molar-refractivity contribution in [3.05, 3.63) is 41.6 Å². The van der Waals surface area contributed by atoms with Crippen LogP contribution in [0.15, 0.2) is 24.5 Å². The van der Waals surface area contributed by atoms with Crippen LogP contribution in [0.4, 0.5) is 5.82 Å². The Labute approximate surface area is 157 Å². The molecular weight excluding hydrogens is 322 g/mol. The lowest BCUT2D eigenvalue weighted by atomic mass is 9.95. The highest BCUT2D eigenvalue weighted by molar-refractivity contribution is 5.43. The molecule has 5 nitrogen and oxygen atoms in total. The van der Waals surface area contributed by atoms with Crippen LogP contribution in [0.1, 0.15) is 48.7 Å². The molecule has 140 valence electrons. The summed E-state index contributed by atoms with van der Waals surface area (Å²) in [6.07, 6.45) is 11.5. The van der Waals surface area contributed by atoms with E-state index in [1.165, 1.54) is 55.0 Å². The van der Waals surface area contributed by atoms with Crippen LogP contribution < -0.4 is 4.90 Å². The molecule has 0 saturated carbocycles. The van der Waals surface area contributed by atoms with Crippen molar-refractivity contribution in [2.75, 3.05) is 38.6 Å². The number of pyridine rings is 1. The van der Waals surface area contributed by atoms with Gasteiger partial charge >= 0.3 is 0 Å². The molecule has 0 radical (unpaired) electrons. The molecule has 5 heteroatoms. The molecule has 3 heterocycles. The van der Waals surface area contributed by atoms with E-state index in [2.05, 4.69) is 46.8 Å².